The van der Waals surface area contributed by atoms with E-state index in [1.54, 1.807) is 19.1 Å². The van der Waals surface area contributed by atoms with Crippen LogP contribution in [0.4, 0.5) is 0 Å². The molecule has 0 aliphatic carbocycles. The summed E-state index contributed by atoms with van der Waals surface area (Å²) in [6, 6.07) is 7.32. The Bertz CT molecular complexity index is 608. The first kappa shape index (κ1) is 22.4. The van der Waals surface area contributed by atoms with Crippen molar-refractivity contribution in [3.8, 4) is 5.75 Å². The van der Waals surface area contributed by atoms with Crippen LogP contribution in [0.2, 0.25) is 0 Å². The quantitative estimate of drug-likeness (QED) is 0.383. The minimum atomic E-state index is -3.38. The predicted molar refractivity (Wildman–Crippen MR) is 93.6 cm³/mol. The molecule has 1 aromatic rings. The van der Waals surface area contributed by atoms with Gasteiger partial charge < -0.3 is 9.47 Å². The molecule has 0 aliphatic rings. The van der Waals surface area contributed by atoms with Gasteiger partial charge in [0.15, 0.2) is 0 Å². The molecule has 24 heavy (non-hydrogen) atoms. The number of carbonyl (C=O) groups excluding carboxylic acids is 1. The Hall–Kier alpha value is -1.60. The number of carbonyl (C=O) groups is 1. The van der Waals surface area contributed by atoms with Gasteiger partial charge in [-0.2, -0.15) is 8.42 Å². The highest BCUT2D eigenvalue weighted by molar-refractivity contribution is 7.85. The maximum atomic E-state index is 11.8. The van der Waals surface area contributed by atoms with Crippen LogP contribution in [0.1, 0.15) is 39.7 Å². The monoisotopic (exact) mass is 360 g/mol. The highest BCUT2D eigenvalue weighted by atomic mass is 32.2. The molecule has 138 valence electrons. The second-order valence-electron chi connectivity index (χ2n) is 5.45. The van der Waals surface area contributed by atoms with Crippen molar-refractivity contribution in [2.45, 2.75) is 46.1 Å². The number of hydrogen-bond acceptors (Lipinski definition) is 6. The molecular formula is C17H28O6S. The first-order valence-electron chi connectivity index (χ1n) is 7.41. The zero-order valence-corrected chi connectivity index (χ0v) is 14.8. The molecule has 0 unspecified atom stereocenters. The van der Waals surface area contributed by atoms with Crippen molar-refractivity contribution in [1.29, 1.82) is 0 Å². The lowest BCUT2D eigenvalue weighted by Gasteiger charge is -2.26. The van der Waals surface area contributed by atoms with Crippen molar-refractivity contribution in [2.75, 3.05) is 20.0 Å². The van der Waals surface area contributed by atoms with E-state index in [-0.39, 0.29) is 14.0 Å². The average Bonchev–Trinajstić information content (AvgIpc) is 2.51. The number of aryl methyl sites for hydroxylation is 1. The van der Waals surface area contributed by atoms with Crippen LogP contribution in [0.25, 0.3) is 0 Å². The standard InChI is InChI=1S/C16H24O6S.CH4/c1-5-16(2,15(17)20-3)22-14-10-8-13(9-11-14)7-6-12-21-23(4,18)19;/h8-11H,5-7,12H2,1-4H3;1H4/t16-;/m1./s1. The lowest BCUT2D eigenvalue weighted by molar-refractivity contribution is -0.157. The number of methoxy groups -OCH3 is 1. The SMILES string of the molecule is C.CC[C@@](C)(Oc1ccc(CCCOS(C)(=O)=O)cc1)C(=O)OC. The van der Waals surface area contributed by atoms with Crippen LogP contribution < -0.4 is 4.74 Å². The number of esters is 1. The molecule has 0 radical (unpaired) electrons. The molecule has 0 saturated heterocycles. The van der Waals surface area contributed by atoms with Crippen LogP contribution in [0, 0.1) is 0 Å². The van der Waals surface area contributed by atoms with Crippen LogP contribution >= 0.6 is 0 Å². The summed E-state index contributed by atoms with van der Waals surface area (Å²) in [5, 5.41) is 0. The molecule has 0 fully saturated rings. The van der Waals surface area contributed by atoms with E-state index in [2.05, 4.69) is 0 Å². The molecular weight excluding hydrogens is 332 g/mol. The molecule has 0 saturated carbocycles. The van der Waals surface area contributed by atoms with Gasteiger partial charge in [0.05, 0.1) is 20.0 Å². The normalized spacial score (nSPS) is 13.5. The first-order chi connectivity index (χ1) is 10.7. The van der Waals surface area contributed by atoms with Gasteiger partial charge in [-0.15, -0.1) is 0 Å². The summed E-state index contributed by atoms with van der Waals surface area (Å²) in [7, 11) is -2.05. The summed E-state index contributed by atoms with van der Waals surface area (Å²) < 4.78 is 36.9. The van der Waals surface area contributed by atoms with Crippen LogP contribution in [0.3, 0.4) is 0 Å². The summed E-state index contributed by atoms with van der Waals surface area (Å²) in [6.45, 7) is 3.70. The minimum Gasteiger partial charge on any atom is -0.476 e. The van der Waals surface area contributed by atoms with Gasteiger partial charge in [0.1, 0.15) is 5.75 Å². The van der Waals surface area contributed by atoms with Crippen LogP contribution in [-0.4, -0.2) is 40.0 Å². The van der Waals surface area contributed by atoms with Gasteiger partial charge in [-0.3, -0.25) is 4.18 Å². The molecule has 1 rings (SSSR count). The molecule has 1 aromatic carbocycles. The van der Waals surface area contributed by atoms with Crippen LogP contribution in [0.5, 0.6) is 5.75 Å². The van der Waals surface area contributed by atoms with Crippen LogP contribution in [0.15, 0.2) is 24.3 Å². The molecule has 0 aromatic heterocycles. The smallest absolute Gasteiger partial charge is 0.349 e. The van der Waals surface area contributed by atoms with Gasteiger partial charge in [-0.05, 0) is 43.9 Å². The summed E-state index contributed by atoms with van der Waals surface area (Å²) in [5.41, 5.74) is 0.0188. The molecule has 0 N–H and O–H groups in total. The predicted octanol–water partition coefficient (Wildman–Crippen LogP) is 2.95. The third-order valence-electron chi connectivity index (χ3n) is 3.47. The topological polar surface area (TPSA) is 78.9 Å². The Balaban J connectivity index is 0.00000529. The van der Waals surface area contributed by atoms with Crippen molar-refractivity contribution in [1.82, 2.24) is 0 Å². The largest absolute Gasteiger partial charge is 0.476 e. The molecule has 0 aliphatic heterocycles. The maximum absolute atomic E-state index is 11.8. The molecule has 7 heteroatoms. The fraction of sp³-hybridized carbons (Fsp3) is 0.588. The van der Waals surface area contributed by atoms with Crippen molar-refractivity contribution in [2.24, 2.45) is 0 Å². The first-order valence-corrected chi connectivity index (χ1v) is 9.22. The van der Waals surface area contributed by atoms with E-state index in [0.717, 1.165) is 11.8 Å². The summed E-state index contributed by atoms with van der Waals surface area (Å²) in [4.78, 5) is 11.8. The van der Waals surface area contributed by atoms with Crippen molar-refractivity contribution < 1.29 is 26.9 Å². The third kappa shape index (κ3) is 7.31. The molecule has 1 atom stereocenters. The van der Waals surface area contributed by atoms with Gasteiger partial charge in [-0.25, -0.2) is 4.79 Å². The van der Waals surface area contributed by atoms with E-state index in [4.69, 9.17) is 13.7 Å². The zero-order valence-electron chi connectivity index (χ0n) is 14.0. The minimum absolute atomic E-state index is 0. The summed E-state index contributed by atoms with van der Waals surface area (Å²) in [6.07, 6.45) is 2.81. The Labute approximate surface area is 145 Å². The van der Waals surface area contributed by atoms with E-state index in [0.29, 0.717) is 25.0 Å². The Kier molecular flexibility index (Phi) is 8.99. The fourth-order valence-corrected chi connectivity index (χ4v) is 2.37. The number of ether oxygens (including phenoxy) is 2. The number of benzene rings is 1. The lowest BCUT2D eigenvalue weighted by atomic mass is 10.0. The Morgan fingerprint density at radius 2 is 1.79 bits per heavy atom. The third-order valence-corrected chi connectivity index (χ3v) is 4.06. The molecule has 0 amide bonds. The average molecular weight is 360 g/mol. The highest BCUT2D eigenvalue weighted by Crippen LogP contribution is 2.23. The molecule has 6 nitrogen and oxygen atoms in total. The van der Waals surface area contributed by atoms with Crippen LogP contribution in [-0.2, 0) is 30.3 Å². The van der Waals surface area contributed by atoms with E-state index < -0.39 is 21.7 Å². The van der Waals surface area contributed by atoms with Gasteiger partial charge in [0.2, 0.25) is 5.60 Å². The zero-order chi connectivity index (χ0) is 17.5. The van der Waals surface area contributed by atoms with Crippen molar-refractivity contribution in [3.05, 3.63) is 29.8 Å². The molecule has 0 heterocycles. The lowest BCUT2D eigenvalue weighted by Crippen LogP contribution is -2.41. The number of rotatable bonds is 9. The fourth-order valence-electron chi connectivity index (χ4n) is 1.94. The second kappa shape index (κ2) is 9.64. The van der Waals surface area contributed by atoms with E-state index >= 15 is 0 Å². The second-order valence-corrected chi connectivity index (χ2v) is 7.10. The van der Waals surface area contributed by atoms with Gasteiger partial charge in [0.25, 0.3) is 10.1 Å². The van der Waals surface area contributed by atoms with E-state index in [9.17, 15) is 13.2 Å². The summed E-state index contributed by atoms with van der Waals surface area (Å²) in [5.74, 6) is 0.165. The number of hydrogen-bond donors (Lipinski definition) is 0. The Morgan fingerprint density at radius 1 is 1.21 bits per heavy atom. The van der Waals surface area contributed by atoms with Gasteiger partial charge in [0, 0.05) is 0 Å². The van der Waals surface area contributed by atoms with Gasteiger partial charge in [-0.1, -0.05) is 26.5 Å². The van der Waals surface area contributed by atoms with Crippen molar-refractivity contribution in [3.63, 3.8) is 0 Å². The maximum Gasteiger partial charge on any atom is 0.349 e. The molecule has 0 bridgehead atoms. The van der Waals surface area contributed by atoms with E-state index in [1.165, 1.54) is 7.11 Å². The van der Waals surface area contributed by atoms with E-state index in [1.807, 2.05) is 19.1 Å². The summed E-state index contributed by atoms with van der Waals surface area (Å²) >= 11 is 0. The molecule has 0 spiro atoms. The Morgan fingerprint density at radius 3 is 2.25 bits per heavy atom. The van der Waals surface area contributed by atoms with Crippen molar-refractivity contribution >= 4 is 16.1 Å². The van der Waals surface area contributed by atoms with Gasteiger partial charge >= 0.3 is 5.97 Å². The highest BCUT2D eigenvalue weighted by Gasteiger charge is 2.34.